The molecule has 0 saturated heterocycles. The molecule has 7 heteroatoms. The first-order valence-corrected chi connectivity index (χ1v) is 9.49. The summed E-state index contributed by atoms with van der Waals surface area (Å²) in [6.45, 7) is 4.09. The molecule has 0 radical (unpaired) electrons. The minimum atomic E-state index is -0.305. The first-order chi connectivity index (χ1) is 13.5. The highest BCUT2D eigenvalue weighted by Crippen LogP contribution is 2.38. The van der Waals surface area contributed by atoms with E-state index in [2.05, 4.69) is 28.5 Å². The molecule has 2 aromatic carbocycles. The largest absolute Gasteiger partial charge is 0.493 e. The summed E-state index contributed by atoms with van der Waals surface area (Å²) in [5, 5.41) is 5.30. The third kappa shape index (κ3) is 3.94. The minimum absolute atomic E-state index is 0.305. The Hall–Kier alpha value is -3.06. The van der Waals surface area contributed by atoms with Gasteiger partial charge >= 0.3 is 0 Å². The number of aromatic nitrogens is 1. The highest BCUT2D eigenvalue weighted by Gasteiger charge is 2.18. The van der Waals surface area contributed by atoms with Crippen molar-refractivity contribution in [1.29, 1.82) is 0 Å². The summed E-state index contributed by atoms with van der Waals surface area (Å²) in [5.74, 6) is 0.971. The van der Waals surface area contributed by atoms with E-state index in [0.29, 0.717) is 27.9 Å². The van der Waals surface area contributed by atoms with Gasteiger partial charge in [-0.3, -0.25) is 10.1 Å². The van der Waals surface area contributed by atoms with Gasteiger partial charge in [0.2, 0.25) is 5.75 Å². The number of anilines is 1. The molecule has 1 heterocycles. The molecule has 0 aliphatic heterocycles. The van der Waals surface area contributed by atoms with Crippen molar-refractivity contribution in [2.75, 3.05) is 26.6 Å². The second kappa shape index (κ2) is 8.31. The molecule has 1 aromatic heterocycles. The molecule has 3 aromatic rings. The molecule has 0 aliphatic carbocycles. The predicted molar refractivity (Wildman–Crippen MR) is 111 cm³/mol. The van der Waals surface area contributed by atoms with Crippen LogP contribution in [0.15, 0.2) is 35.7 Å². The average Bonchev–Trinajstić information content (AvgIpc) is 3.16. The Morgan fingerprint density at radius 2 is 1.68 bits per heavy atom. The molecule has 0 unspecified atom stereocenters. The van der Waals surface area contributed by atoms with Crippen LogP contribution in [0.2, 0.25) is 0 Å². The van der Waals surface area contributed by atoms with Gasteiger partial charge in [-0.15, -0.1) is 11.3 Å². The van der Waals surface area contributed by atoms with Gasteiger partial charge in [-0.2, -0.15) is 0 Å². The van der Waals surface area contributed by atoms with Gasteiger partial charge in [-0.1, -0.05) is 17.7 Å². The lowest BCUT2D eigenvalue weighted by molar-refractivity contribution is 0.102. The molecular weight excluding hydrogens is 376 g/mol. The normalized spacial score (nSPS) is 10.5. The summed E-state index contributed by atoms with van der Waals surface area (Å²) >= 11 is 1.38. The second-order valence-corrected chi connectivity index (χ2v) is 7.08. The SMILES string of the molecule is COc1cc(C(=O)Nc2nc(-c3cc(C)ccc3C)cs2)cc(OC)c1OC. The van der Waals surface area contributed by atoms with E-state index in [1.54, 1.807) is 12.1 Å². The summed E-state index contributed by atoms with van der Waals surface area (Å²) in [6, 6.07) is 9.44. The number of thiazole rings is 1. The number of rotatable bonds is 6. The Labute approximate surface area is 168 Å². The zero-order valence-corrected chi connectivity index (χ0v) is 17.3. The Bertz CT molecular complexity index is 988. The highest BCUT2D eigenvalue weighted by molar-refractivity contribution is 7.14. The van der Waals surface area contributed by atoms with Crippen molar-refractivity contribution < 1.29 is 19.0 Å². The van der Waals surface area contributed by atoms with Crippen molar-refractivity contribution in [3.63, 3.8) is 0 Å². The Morgan fingerprint density at radius 3 is 2.29 bits per heavy atom. The molecule has 28 heavy (non-hydrogen) atoms. The van der Waals surface area contributed by atoms with E-state index in [4.69, 9.17) is 14.2 Å². The van der Waals surface area contributed by atoms with E-state index in [0.717, 1.165) is 22.4 Å². The van der Waals surface area contributed by atoms with Gasteiger partial charge in [-0.05, 0) is 37.6 Å². The highest BCUT2D eigenvalue weighted by atomic mass is 32.1. The van der Waals surface area contributed by atoms with Crippen molar-refractivity contribution in [2.24, 2.45) is 0 Å². The van der Waals surface area contributed by atoms with Crippen molar-refractivity contribution in [1.82, 2.24) is 4.98 Å². The summed E-state index contributed by atoms with van der Waals surface area (Å²) < 4.78 is 15.9. The quantitative estimate of drug-likeness (QED) is 0.651. The summed E-state index contributed by atoms with van der Waals surface area (Å²) in [4.78, 5) is 17.3. The van der Waals surface area contributed by atoms with Crippen molar-refractivity contribution in [3.05, 3.63) is 52.4 Å². The van der Waals surface area contributed by atoms with E-state index in [-0.39, 0.29) is 5.91 Å². The summed E-state index contributed by atoms with van der Waals surface area (Å²) in [5.41, 5.74) is 4.59. The molecule has 1 amide bonds. The number of ether oxygens (including phenoxy) is 3. The lowest BCUT2D eigenvalue weighted by atomic mass is 10.0. The third-order valence-electron chi connectivity index (χ3n) is 4.32. The molecule has 0 bridgehead atoms. The van der Waals surface area contributed by atoms with Gasteiger partial charge in [0, 0.05) is 16.5 Å². The van der Waals surface area contributed by atoms with Gasteiger partial charge in [0.25, 0.3) is 5.91 Å². The van der Waals surface area contributed by atoms with E-state index in [1.807, 2.05) is 19.2 Å². The zero-order chi connectivity index (χ0) is 20.3. The summed E-state index contributed by atoms with van der Waals surface area (Å²) in [7, 11) is 4.54. The number of aryl methyl sites for hydroxylation is 2. The molecule has 0 aliphatic rings. The molecule has 6 nitrogen and oxygen atoms in total. The van der Waals surface area contributed by atoms with Gasteiger partial charge < -0.3 is 14.2 Å². The van der Waals surface area contributed by atoms with Crippen molar-refractivity contribution in [2.45, 2.75) is 13.8 Å². The number of carbonyl (C=O) groups is 1. The van der Waals surface area contributed by atoms with Crippen LogP contribution in [0.3, 0.4) is 0 Å². The molecule has 0 saturated carbocycles. The number of nitrogens with one attached hydrogen (secondary N) is 1. The van der Waals surface area contributed by atoms with Crippen LogP contribution in [0.1, 0.15) is 21.5 Å². The van der Waals surface area contributed by atoms with Crippen molar-refractivity contribution >= 4 is 22.4 Å². The van der Waals surface area contributed by atoms with Crippen LogP contribution in [0.25, 0.3) is 11.3 Å². The maximum absolute atomic E-state index is 12.7. The van der Waals surface area contributed by atoms with Gasteiger partial charge in [0.05, 0.1) is 27.0 Å². The van der Waals surface area contributed by atoms with Crippen molar-refractivity contribution in [3.8, 4) is 28.5 Å². The molecule has 3 rings (SSSR count). The molecule has 1 N–H and O–H groups in total. The maximum Gasteiger partial charge on any atom is 0.257 e. The Kier molecular flexibility index (Phi) is 5.84. The average molecular weight is 398 g/mol. The first kappa shape index (κ1) is 19.7. The van der Waals surface area contributed by atoms with Crippen LogP contribution in [0, 0.1) is 13.8 Å². The van der Waals surface area contributed by atoms with Gasteiger partial charge in [0.1, 0.15) is 0 Å². The van der Waals surface area contributed by atoms with E-state index in [1.165, 1.54) is 32.7 Å². The first-order valence-electron chi connectivity index (χ1n) is 8.61. The zero-order valence-electron chi connectivity index (χ0n) is 16.5. The number of nitrogens with zero attached hydrogens (tertiary/aromatic N) is 1. The number of amides is 1. The fourth-order valence-electron chi connectivity index (χ4n) is 2.85. The maximum atomic E-state index is 12.7. The van der Waals surface area contributed by atoms with Gasteiger partial charge in [-0.25, -0.2) is 4.98 Å². The lowest BCUT2D eigenvalue weighted by Gasteiger charge is -2.13. The van der Waals surface area contributed by atoms with Crippen LogP contribution < -0.4 is 19.5 Å². The molecule has 0 spiro atoms. The Morgan fingerprint density at radius 1 is 1.00 bits per heavy atom. The fraction of sp³-hybridized carbons (Fsp3) is 0.238. The smallest absolute Gasteiger partial charge is 0.257 e. The minimum Gasteiger partial charge on any atom is -0.493 e. The van der Waals surface area contributed by atoms with E-state index < -0.39 is 0 Å². The monoisotopic (exact) mass is 398 g/mol. The Balaban J connectivity index is 1.86. The molecule has 0 fully saturated rings. The predicted octanol–water partition coefficient (Wildman–Crippen LogP) is 4.71. The van der Waals surface area contributed by atoms with Crippen LogP contribution in [0.5, 0.6) is 17.2 Å². The van der Waals surface area contributed by atoms with E-state index >= 15 is 0 Å². The second-order valence-electron chi connectivity index (χ2n) is 6.22. The van der Waals surface area contributed by atoms with Crippen LogP contribution in [-0.2, 0) is 0 Å². The number of hydrogen-bond acceptors (Lipinski definition) is 6. The topological polar surface area (TPSA) is 69.7 Å². The number of carbonyl (C=O) groups excluding carboxylic acids is 1. The molecular formula is C21H22N2O4S. The van der Waals surface area contributed by atoms with Crippen LogP contribution >= 0.6 is 11.3 Å². The third-order valence-corrected chi connectivity index (χ3v) is 5.08. The fourth-order valence-corrected chi connectivity index (χ4v) is 3.55. The lowest BCUT2D eigenvalue weighted by Crippen LogP contribution is -2.12. The standard InChI is InChI=1S/C21H22N2O4S/c1-12-6-7-13(2)15(8-12)16-11-28-21(22-16)23-20(24)14-9-17(25-3)19(27-5)18(10-14)26-4/h6-11H,1-5H3,(H,22,23,24). The van der Waals surface area contributed by atoms with E-state index in [9.17, 15) is 4.79 Å². The number of benzene rings is 2. The van der Waals surface area contributed by atoms with Crippen LogP contribution in [0.4, 0.5) is 5.13 Å². The van der Waals surface area contributed by atoms with Crippen LogP contribution in [-0.4, -0.2) is 32.2 Å². The van der Waals surface area contributed by atoms with Gasteiger partial charge in [0.15, 0.2) is 16.6 Å². The molecule has 0 atom stereocenters. The molecule has 146 valence electrons. The number of methoxy groups -OCH3 is 3. The summed E-state index contributed by atoms with van der Waals surface area (Å²) in [6.07, 6.45) is 0. The number of hydrogen-bond donors (Lipinski definition) is 1.